The second-order valence-electron chi connectivity index (χ2n) is 7.84. The fourth-order valence-electron chi connectivity index (χ4n) is 3.87. The lowest BCUT2D eigenvalue weighted by atomic mass is 9.98. The van der Waals surface area contributed by atoms with Gasteiger partial charge in [-0.1, -0.05) is 55.5 Å². The van der Waals surface area contributed by atoms with E-state index in [9.17, 15) is 14.4 Å². The molecule has 0 aliphatic heterocycles. The van der Waals surface area contributed by atoms with Gasteiger partial charge in [0.1, 0.15) is 6.61 Å². The highest BCUT2D eigenvalue weighted by atomic mass is 16.5. The van der Waals surface area contributed by atoms with Crippen LogP contribution in [0.2, 0.25) is 0 Å². The van der Waals surface area contributed by atoms with E-state index >= 15 is 0 Å². The van der Waals surface area contributed by atoms with Crippen LogP contribution in [0.4, 0.5) is 4.79 Å². The van der Waals surface area contributed by atoms with E-state index in [-0.39, 0.29) is 43.7 Å². The van der Waals surface area contributed by atoms with E-state index < -0.39 is 12.1 Å². The van der Waals surface area contributed by atoms with Crippen LogP contribution < -0.4 is 10.6 Å². The molecule has 0 heterocycles. The summed E-state index contributed by atoms with van der Waals surface area (Å²) in [5.41, 5.74) is 4.70. The van der Waals surface area contributed by atoms with Crippen molar-refractivity contribution in [2.45, 2.75) is 32.1 Å². The molecule has 1 atom stereocenters. The molecular weight excluding hydrogens is 396 g/mol. The number of carboxylic acid groups (broad SMARTS) is 1. The van der Waals surface area contributed by atoms with E-state index in [0.29, 0.717) is 13.0 Å². The van der Waals surface area contributed by atoms with Crippen LogP contribution in [0, 0.1) is 5.92 Å². The molecule has 7 heteroatoms. The summed E-state index contributed by atoms with van der Waals surface area (Å²) < 4.78 is 5.49. The summed E-state index contributed by atoms with van der Waals surface area (Å²) in [7, 11) is 0. The number of carbonyl (C=O) groups excluding carboxylic acids is 2. The molecular formula is C24H28N2O5. The fourth-order valence-corrected chi connectivity index (χ4v) is 3.87. The maximum atomic E-state index is 12.2. The highest BCUT2D eigenvalue weighted by molar-refractivity contribution is 5.79. The predicted molar refractivity (Wildman–Crippen MR) is 117 cm³/mol. The van der Waals surface area contributed by atoms with Crippen LogP contribution in [0.5, 0.6) is 0 Å². The summed E-state index contributed by atoms with van der Waals surface area (Å²) >= 11 is 0. The molecule has 1 aliphatic carbocycles. The van der Waals surface area contributed by atoms with Crippen LogP contribution in [0.1, 0.15) is 43.2 Å². The number of hydrogen-bond donors (Lipinski definition) is 3. The maximum absolute atomic E-state index is 12.2. The second kappa shape index (κ2) is 10.6. The van der Waals surface area contributed by atoms with Crippen LogP contribution in [-0.4, -0.2) is 42.8 Å². The van der Waals surface area contributed by atoms with Crippen molar-refractivity contribution in [1.82, 2.24) is 10.6 Å². The first-order valence-corrected chi connectivity index (χ1v) is 10.5. The molecule has 2 aromatic rings. The summed E-state index contributed by atoms with van der Waals surface area (Å²) in [6.07, 6.45) is 0.339. The monoisotopic (exact) mass is 424 g/mol. The van der Waals surface area contributed by atoms with Gasteiger partial charge in [-0.05, 0) is 34.6 Å². The number of nitrogens with one attached hydrogen (secondary N) is 2. The molecule has 31 heavy (non-hydrogen) atoms. The molecule has 0 radical (unpaired) electrons. The van der Waals surface area contributed by atoms with Crippen LogP contribution in [0.15, 0.2) is 48.5 Å². The smallest absolute Gasteiger partial charge is 0.407 e. The van der Waals surface area contributed by atoms with E-state index in [1.54, 1.807) is 0 Å². The van der Waals surface area contributed by atoms with E-state index in [1.165, 1.54) is 22.3 Å². The third-order valence-electron chi connectivity index (χ3n) is 5.45. The molecule has 1 unspecified atom stereocenters. The van der Waals surface area contributed by atoms with Crippen LogP contribution in [-0.2, 0) is 14.3 Å². The first-order chi connectivity index (χ1) is 15.0. The SMILES string of the molecule is CC(CCNC(=O)OCC1c2ccccc2-c2ccccc21)CC(=O)NCCC(=O)O. The van der Waals surface area contributed by atoms with Crippen LogP contribution >= 0.6 is 0 Å². The Labute approximate surface area is 181 Å². The van der Waals surface area contributed by atoms with Crippen molar-refractivity contribution in [2.75, 3.05) is 19.7 Å². The Morgan fingerprint density at radius 3 is 2.19 bits per heavy atom. The normalized spacial score (nSPS) is 13.1. The van der Waals surface area contributed by atoms with Gasteiger partial charge in [0.05, 0.1) is 6.42 Å². The lowest BCUT2D eigenvalue weighted by molar-refractivity contribution is -0.136. The third-order valence-corrected chi connectivity index (χ3v) is 5.45. The van der Waals surface area contributed by atoms with Crippen molar-refractivity contribution in [2.24, 2.45) is 5.92 Å². The summed E-state index contributed by atoms with van der Waals surface area (Å²) in [6, 6.07) is 16.3. The largest absolute Gasteiger partial charge is 0.481 e. The Hall–Kier alpha value is -3.35. The summed E-state index contributed by atoms with van der Waals surface area (Å²) in [5.74, 6) is -1.05. The summed E-state index contributed by atoms with van der Waals surface area (Å²) in [6.45, 7) is 2.71. The Bertz CT molecular complexity index is 898. The molecule has 0 aromatic heterocycles. The number of carboxylic acids is 1. The van der Waals surface area contributed by atoms with Gasteiger partial charge in [0, 0.05) is 25.4 Å². The Balaban J connectivity index is 1.40. The quantitative estimate of drug-likeness (QED) is 0.541. The molecule has 7 nitrogen and oxygen atoms in total. The standard InChI is InChI=1S/C24H28N2O5/c1-16(14-22(27)25-13-11-23(28)29)10-12-26-24(30)31-15-21-19-8-4-2-6-17(19)18-7-3-5-9-20(18)21/h2-9,16,21H,10-15H2,1H3,(H,25,27)(H,26,30)(H,28,29). The number of fused-ring (bicyclic) bond motifs is 3. The number of aliphatic carboxylic acids is 1. The zero-order valence-electron chi connectivity index (χ0n) is 17.6. The van der Waals surface area contributed by atoms with Crippen molar-refractivity contribution in [3.8, 4) is 11.1 Å². The minimum atomic E-state index is -0.944. The highest BCUT2D eigenvalue weighted by Crippen LogP contribution is 2.44. The summed E-state index contributed by atoms with van der Waals surface area (Å²) in [5, 5.41) is 13.9. The minimum Gasteiger partial charge on any atom is -0.481 e. The van der Waals surface area contributed by atoms with Gasteiger partial charge in [-0.3, -0.25) is 9.59 Å². The maximum Gasteiger partial charge on any atom is 0.407 e. The van der Waals surface area contributed by atoms with E-state index in [2.05, 4.69) is 34.9 Å². The number of carbonyl (C=O) groups is 3. The first kappa shape index (κ1) is 22.3. The zero-order valence-corrected chi connectivity index (χ0v) is 17.6. The van der Waals surface area contributed by atoms with Gasteiger partial charge in [0.25, 0.3) is 0 Å². The van der Waals surface area contributed by atoms with Crippen molar-refractivity contribution in [3.05, 3.63) is 59.7 Å². The topological polar surface area (TPSA) is 105 Å². The molecule has 164 valence electrons. The van der Waals surface area contributed by atoms with Crippen molar-refractivity contribution < 1.29 is 24.2 Å². The third kappa shape index (κ3) is 6.07. The lowest BCUT2D eigenvalue weighted by Crippen LogP contribution is -2.30. The number of alkyl carbamates (subject to hydrolysis) is 1. The fraction of sp³-hybridized carbons (Fsp3) is 0.375. The molecule has 3 rings (SSSR count). The van der Waals surface area contributed by atoms with Crippen molar-refractivity contribution in [1.29, 1.82) is 0 Å². The van der Waals surface area contributed by atoms with Gasteiger partial charge in [0.2, 0.25) is 5.91 Å². The van der Waals surface area contributed by atoms with Gasteiger partial charge in [-0.2, -0.15) is 0 Å². The molecule has 0 bridgehead atoms. The van der Waals surface area contributed by atoms with E-state index in [1.807, 2.05) is 31.2 Å². The molecule has 0 fully saturated rings. The average molecular weight is 424 g/mol. The Kier molecular flexibility index (Phi) is 7.65. The number of benzene rings is 2. The number of hydrogen-bond acceptors (Lipinski definition) is 4. The second-order valence-corrected chi connectivity index (χ2v) is 7.84. The van der Waals surface area contributed by atoms with Gasteiger partial charge in [-0.25, -0.2) is 4.79 Å². The molecule has 0 saturated carbocycles. The molecule has 0 saturated heterocycles. The average Bonchev–Trinajstić information content (AvgIpc) is 3.06. The minimum absolute atomic E-state index is 0.0200. The zero-order chi connectivity index (χ0) is 22.2. The Morgan fingerprint density at radius 1 is 0.968 bits per heavy atom. The van der Waals surface area contributed by atoms with E-state index in [4.69, 9.17) is 9.84 Å². The first-order valence-electron chi connectivity index (χ1n) is 10.5. The van der Waals surface area contributed by atoms with Gasteiger partial charge in [0.15, 0.2) is 0 Å². The summed E-state index contributed by atoms with van der Waals surface area (Å²) in [4.78, 5) is 34.4. The molecule has 0 spiro atoms. The van der Waals surface area contributed by atoms with Crippen LogP contribution in [0.25, 0.3) is 11.1 Å². The van der Waals surface area contributed by atoms with Gasteiger partial charge < -0.3 is 20.5 Å². The van der Waals surface area contributed by atoms with Gasteiger partial charge >= 0.3 is 12.1 Å². The lowest BCUT2D eigenvalue weighted by Gasteiger charge is -2.15. The predicted octanol–water partition coefficient (Wildman–Crippen LogP) is 3.53. The van der Waals surface area contributed by atoms with Crippen molar-refractivity contribution in [3.63, 3.8) is 0 Å². The van der Waals surface area contributed by atoms with Crippen LogP contribution in [0.3, 0.4) is 0 Å². The molecule has 1 aliphatic rings. The molecule has 2 aromatic carbocycles. The highest BCUT2D eigenvalue weighted by Gasteiger charge is 2.28. The molecule has 3 N–H and O–H groups in total. The number of amides is 2. The number of ether oxygens (including phenoxy) is 1. The number of rotatable bonds is 10. The van der Waals surface area contributed by atoms with E-state index in [0.717, 1.165) is 0 Å². The Morgan fingerprint density at radius 2 is 1.58 bits per heavy atom. The van der Waals surface area contributed by atoms with Gasteiger partial charge in [-0.15, -0.1) is 0 Å². The molecule has 2 amide bonds. The van der Waals surface area contributed by atoms with Crippen molar-refractivity contribution >= 4 is 18.0 Å².